The standard InChI is InChI=1S/C8H16OS/c1-8(2)9-6-4-3-5-7-10/h3,5,8,10H,4,6-7H2,1-2H3/b5-3+. The quantitative estimate of drug-likeness (QED) is 0.369. The molecule has 0 radical (unpaired) electrons. The van der Waals surface area contributed by atoms with Gasteiger partial charge in [0, 0.05) is 5.75 Å². The third kappa shape index (κ3) is 8.05. The summed E-state index contributed by atoms with van der Waals surface area (Å²) in [5.41, 5.74) is 0. The van der Waals surface area contributed by atoms with Crippen molar-refractivity contribution in [3.05, 3.63) is 12.2 Å². The van der Waals surface area contributed by atoms with E-state index >= 15 is 0 Å². The van der Waals surface area contributed by atoms with Crippen molar-refractivity contribution >= 4 is 12.6 Å². The molecule has 0 N–H and O–H groups in total. The molecule has 0 spiro atoms. The van der Waals surface area contributed by atoms with Crippen LogP contribution in [0, 0.1) is 0 Å². The first-order chi connectivity index (χ1) is 4.77. The molecule has 0 aliphatic carbocycles. The van der Waals surface area contributed by atoms with Crippen molar-refractivity contribution < 1.29 is 4.74 Å². The molecule has 0 saturated carbocycles. The van der Waals surface area contributed by atoms with Crippen LogP contribution in [-0.2, 0) is 4.74 Å². The highest BCUT2D eigenvalue weighted by Crippen LogP contribution is 1.91. The van der Waals surface area contributed by atoms with Crippen LogP contribution in [0.25, 0.3) is 0 Å². The zero-order valence-corrected chi connectivity index (χ0v) is 7.60. The van der Waals surface area contributed by atoms with Gasteiger partial charge in [-0.3, -0.25) is 0 Å². The van der Waals surface area contributed by atoms with Crippen molar-refractivity contribution in [3.8, 4) is 0 Å². The van der Waals surface area contributed by atoms with Crippen LogP contribution in [0.3, 0.4) is 0 Å². The Hall–Kier alpha value is 0.0500. The van der Waals surface area contributed by atoms with E-state index in [0.717, 1.165) is 18.8 Å². The molecule has 0 heterocycles. The largest absolute Gasteiger partial charge is 0.378 e. The Morgan fingerprint density at radius 2 is 2.10 bits per heavy atom. The molecular formula is C8H16OS. The molecule has 0 aromatic rings. The molecule has 0 aliphatic heterocycles. The lowest BCUT2D eigenvalue weighted by molar-refractivity contribution is 0.0826. The van der Waals surface area contributed by atoms with Gasteiger partial charge in [-0.2, -0.15) is 12.6 Å². The van der Waals surface area contributed by atoms with E-state index in [0.29, 0.717) is 6.10 Å². The van der Waals surface area contributed by atoms with Gasteiger partial charge < -0.3 is 4.74 Å². The first-order valence-electron chi connectivity index (χ1n) is 3.65. The Morgan fingerprint density at radius 3 is 2.60 bits per heavy atom. The van der Waals surface area contributed by atoms with Gasteiger partial charge in [-0.1, -0.05) is 12.2 Å². The van der Waals surface area contributed by atoms with E-state index in [1.165, 1.54) is 0 Å². The minimum Gasteiger partial charge on any atom is -0.378 e. The lowest BCUT2D eigenvalue weighted by atomic mass is 10.4. The summed E-state index contributed by atoms with van der Waals surface area (Å²) in [4.78, 5) is 0. The topological polar surface area (TPSA) is 9.23 Å². The molecule has 0 aliphatic rings. The maximum Gasteiger partial charge on any atom is 0.0519 e. The van der Waals surface area contributed by atoms with Crippen LogP contribution in [0.2, 0.25) is 0 Å². The molecule has 0 rings (SSSR count). The summed E-state index contributed by atoms with van der Waals surface area (Å²) in [6.45, 7) is 4.91. The average Bonchev–Trinajstić information content (AvgIpc) is 1.87. The number of ether oxygens (including phenoxy) is 1. The van der Waals surface area contributed by atoms with Crippen LogP contribution in [0.5, 0.6) is 0 Å². The van der Waals surface area contributed by atoms with Gasteiger partial charge >= 0.3 is 0 Å². The number of thiol groups is 1. The Balaban J connectivity index is 2.97. The predicted molar refractivity (Wildman–Crippen MR) is 48.7 cm³/mol. The lowest BCUT2D eigenvalue weighted by Crippen LogP contribution is -2.02. The SMILES string of the molecule is CC(C)OCC/C=C/CS. The maximum absolute atomic E-state index is 5.31. The van der Waals surface area contributed by atoms with Crippen LogP contribution in [0.1, 0.15) is 20.3 Å². The highest BCUT2D eigenvalue weighted by molar-refractivity contribution is 7.80. The molecule has 0 fully saturated rings. The van der Waals surface area contributed by atoms with Crippen molar-refractivity contribution in [1.82, 2.24) is 0 Å². The summed E-state index contributed by atoms with van der Waals surface area (Å²) in [5, 5.41) is 0. The summed E-state index contributed by atoms with van der Waals surface area (Å²) in [6.07, 6.45) is 5.48. The minimum absolute atomic E-state index is 0.351. The molecule has 0 saturated heterocycles. The molecular weight excluding hydrogens is 144 g/mol. The van der Waals surface area contributed by atoms with Crippen molar-refractivity contribution in [2.75, 3.05) is 12.4 Å². The molecule has 0 bridgehead atoms. The highest BCUT2D eigenvalue weighted by Gasteiger charge is 1.88. The van der Waals surface area contributed by atoms with Gasteiger partial charge in [0.2, 0.25) is 0 Å². The van der Waals surface area contributed by atoms with Gasteiger partial charge in [0.25, 0.3) is 0 Å². The highest BCUT2D eigenvalue weighted by atomic mass is 32.1. The van der Waals surface area contributed by atoms with Crippen LogP contribution < -0.4 is 0 Å². The van der Waals surface area contributed by atoms with Gasteiger partial charge in [0.1, 0.15) is 0 Å². The smallest absolute Gasteiger partial charge is 0.0519 e. The number of hydrogen-bond donors (Lipinski definition) is 1. The van der Waals surface area contributed by atoms with Gasteiger partial charge in [0.15, 0.2) is 0 Å². The van der Waals surface area contributed by atoms with Gasteiger partial charge in [0.05, 0.1) is 12.7 Å². The fraction of sp³-hybridized carbons (Fsp3) is 0.750. The average molecular weight is 160 g/mol. The molecule has 0 atom stereocenters. The first-order valence-corrected chi connectivity index (χ1v) is 4.28. The van der Waals surface area contributed by atoms with Crippen molar-refractivity contribution in [1.29, 1.82) is 0 Å². The Kier molecular flexibility index (Phi) is 7.20. The monoisotopic (exact) mass is 160 g/mol. The fourth-order valence-corrected chi connectivity index (χ4v) is 0.713. The van der Waals surface area contributed by atoms with Gasteiger partial charge in [-0.15, -0.1) is 0 Å². The molecule has 60 valence electrons. The normalized spacial score (nSPS) is 11.6. The second-order valence-corrected chi connectivity index (χ2v) is 2.73. The summed E-state index contributed by atoms with van der Waals surface area (Å²) < 4.78 is 5.31. The minimum atomic E-state index is 0.351. The fourth-order valence-electron chi connectivity index (χ4n) is 0.564. The molecule has 0 aromatic carbocycles. The third-order valence-electron chi connectivity index (χ3n) is 1.01. The van der Waals surface area contributed by atoms with Crippen molar-refractivity contribution in [2.24, 2.45) is 0 Å². The van der Waals surface area contributed by atoms with Crippen molar-refractivity contribution in [2.45, 2.75) is 26.4 Å². The van der Waals surface area contributed by atoms with Gasteiger partial charge in [-0.25, -0.2) is 0 Å². The van der Waals surface area contributed by atoms with E-state index in [2.05, 4.69) is 18.7 Å². The van der Waals surface area contributed by atoms with Crippen molar-refractivity contribution in [3.63, 3.8) is 0 Å². The molecule has 0 unspecified atom stereocenters. The van der Waals surface area contributed by atoms with E-state index < -0.39 is 0 Å². The van der Waals surface area contributed by atoms with E-state index in [9.17, 15) is 0 Å². The van der Waals surface area contributed by atoms with Crippen LogP contribution in [0.4, 0.5) is 0 Å². The summed E-state index contributed by atoms with van der Waals surface area (Å²) in [6, 6.07) is 0. The number of hydrogen-bond acceptors (Lipinski definition) is 2. The Labute approximate surface area is 68.9 Å². The second-order valence-electron chi connectivity index (χ2n) is 2.36. The van der Waals surface area contributed by atoms with Crippen LogP contribution >= 0.6 is 12.6 Å². The lowest BCUT2D eigenvalue weighted by Gasteiger charge is -2.03. The predicted octanol–water partition coefficient (Wildman–Crippen LogP) is 2.29. The molecule has 1 nitrogen and oxygen atoms in total. The zero-order chi connectivity index (χ0) is 7.82. The van der Waals surface area contributed by atoms with E-state index in [1.54, 1.807) is 0 Å². The van der Waals surface area contributed by atoms with E-state index in [4.69, 9.17) is 4.74 Å². The second kappa shape index (κ2) is 7.16. The zero-order valence-electron chi connectivity index (χ0n) is 6.71. The molecule has 2 heteroatoms. The first kappa shape index (κ1) is 10.0. The summed E-state index contributed by atoms with van der Waals surface area (Å²) >= 11 is 4.04. The maximum atomic E-state index is 5.31. The summed E-state index contributed by atoms with van der Waals surface area (Å²) in [5.74, 6) is 0.821. The van der Waals surface area contributed by atoms with Gasteiger partial charge in [-0.05, 0) is 20.3 Å². The van der Waals surface area contributed by atoms with E-state index in [-0.39, 0.29) is 0 Å². The number of rotatable bonds is 5. The molecule has 10 heavy (non-hydrogen) atoms. The van der Waals surface area contributed by atoms with E-state index in [1.807, 2.05) is 19.9 Å². The molecule has 0 aromatic heterocycles. The Bertz CT molecular complexity index is 89.3. The molecule has 0 amide bonds. The van der Waals surface area contributed by atoms with Crippen LogP contribution in [0.15, 0.2) is 12.2 Å². The Morgan fingerprint density at radius 1 is 1.40 bits per heavy atom. The van der Waals surface area contributed by atoms with Crippen LogP contribution in [-0.4, -0.2) is 18.5 Å². The summed E-state index contributed by atoms with van der Waals surface area (Å²) in [7, 11) is 0. The third-order valence-corrected chi connectivity index (χ3v) is 1.22.